The molecule has 1 aromatic carbocycles. The van der Waals surface area contributed by atoms with Crippen LogP contribution in [0, 0.1) is 5.41 Å². The topological polar surface area (TPSA) is 75.1 Å². The molecular weight excluding hydrogens is 481 g/mol. The van der Waals surface area contributed by atoms with E-state index in [1.54, 1.807) is 7.11 Å². The zero-order valence-electron chi connectivity index (χ0n) is 18.5. The molecule has 0 saturated carbocycles. The molecule has 0 unspecified atom stereocenters. The highest BCUT2D eigenvalue weighted by atomic mass is 127. The highest BCUT2D eigenvalue weighted by molar-refractivity contribution is 14.0. The number of aliphatic hydroxyl groups excluding tert-OH is 1. The number of ether oxygens (including phenoxy) is 2. The zero-order valence-corrected chi connectivity index (χ0v) is 20.8. The maximum atomic E-state index is 9.45. The Balaban J connectivity index is 0.00000784. The highest BCUT2D eigenvalue weighted by Crippen LogP contribution is 2.29. The van der Waals surface area contributed by atoms with Crippen molar-refractivity contribution in [3.8, 4) is 5.75 Å². The third kappa shape index (κ3) is 11.1. The first-order valence-corrected chi connectivity index (χ1v) is 10.5. The van der Waals surface area contributed by atoms with Gasteiger partial charge in [-0.1, -0.05) is 26.0 Å². The number of nitrogens with zero attached hydrogens (tertiary/aromatic N) is 1. The fraction of sp³-hybridized carbons (Fsp3) is 0.682. The van der Waals surface area contributed by atoms with Crippen LogP contribution < -0.4 is 15.4 Å². The van der Waals surface area contributed by atoms with E-state index in [2.05, 4.69) is 24.5 Å². The number of aliphatic hydroxyl groups is 1. The van der Waals surface area contributed by atoms with Crippen LogP contribution in [0.3, 0.4) is 0 Å². The molecule has 6 nitrogen and oxygen atoms in total. The first kappa shape index (κ1) is 27.9. The maximum absolute atomic E-state index is 9.45. The number of guanidine groups is 1. The van der Waals surface area contributed by atoms with Crippen LogP contribution >= 0.6 is 24.0 Å². The molecule has 0 spiro atoms. The zero-order chi connectivity index (χ0) is 20.7. The van der Waals surface area contributed by atoms with Crippen molar-refractivity contribution in [2.24, 2.45) is 10.4 Å². The van der Waals surface area contributed by atoms with Crippen LogP contribution in [-0.4, -0.2) is 51.1 Å². The molecule has 0 aliphatic rings. The average Bonchev–Trinajstić information content (AvgIpc) is 2.74. The van der Waals surface area contributed by atoms with E-state index in [0.717, 1.165) is 69.3 Å². The summed E-state index contributed by atoms with van der Waals surface area (Å²) in [6.07, 6.45) is 3.77. The van der Waals surface area contributed by atoms with Gasteiger partial charge >= 0.3 is 0 Å². The molecule has 0 bridgehead atoms. The normalized spacial score (nSPS) is 11.7. The molecule has 0 atom stereocenters. The Bertz CT molecular complexity index is 549. The Kier molecular flexibility index (Phi) is 16.1. The largest absolute Gasteiger partial charge is 0.497 e. The molecular formula is C22H40IN3O3. The van der Waals surface area contributed by atoms with Crippen molar-refractivity contribution in [1.82, 2.24) is 10.6 Å². The monoisotopic (exact) mass is 521 g/mol. The number of benzene rings is 1. The van der Waals surface area contributed by atoms with E-state index >= 15 is 0 Å². The van der Waals surface area contributed by atoms with Crippen molar-refractivity contribution in [3.63, 3.8) is 0 Å². The molecule has 0 aromatic heterocycles. The average molecular weight is 521 g/mol. The van der Waals surface area contributed by atoms with Gasteiger partial charge in [0.25, 0.3) is 0 Å². The second-order valence-corrected chi connectivity index (χ2v) is 7.02. The van der Waals surface area contributed by atoms with E-state index in [1.165, 1.54) is 0 Å². The van der Waals surface area contributed by atoms with Crippen molar-refractivity contribution in [2.75, 3.05) is 40.0 Å². The summed E-state index contributed by atoms with van der Waals surface area (Å²) in [4.78, 5) is 4.75. The first-order chi connectivity index (χ1) is 13.6. The minimum atomic E-state index is 0. The molecule has 168 valence electrons. The second-order valence-electron chi connectivity index (χ2n) is 7.02. The van der Waals surface area contributed by atoms with Gasteiger partial charge in [-0.3, -0.25) is 0 Å². The van der Waals surface area contributed by atoms with Crippen LogP contribution in [0.15, 0.2) is 29.3 Å². The SMILES string of the molecule is CCOCCCNC(=NCc1ccc(OC)cc1)NCC(CC)(CC)CCO.I. The van der Waals surface area contributed by atoms with Gasteiger partial charge in [0.2, 0.25) is 0 Å². The molecule has 0 saturated heterocycles. The summed E-state index contributed by atoms with van der Waals surface area (Å²) >= 11 is 0. The third-order valence-corrected chi connectivity index (χ3v) is 5.31. The van der Waals surface area contributed by atoms with Crippen LogP contribution in [0.1, 0.15) is 52.0 Å². The van der Waals surface area contributed by atoms with Gasteiger partial charge in [-0.05, 0) is 55.7 Å². The predicted molar refractivity (Wildman–Crippen MR) is 131 cm³/mol. The Hall–Kier alpha value is -1.06. The van der Waals surface area contributed by atoms with Crippen molar-refractivity contribution < 1.29 is 14.6 Å². The van der Waals surface area contributed by atoms with Gasteiger partial charge in [0.1, 0.15) is 5.75 Å². The summed E-state index contributed by atoms with van der Waals surface area (Å²) in [5, 5.41) is 16.3. The molecule has 0 aliphatic heterocycles. The smallest absolute Gasteiger partial charge is 0.191 e. The lowest BCUT2D eigenvalue weighted by molar-refractivity contribution is 0.145. The lowest BCUT2D eigenvalue weighted by Crippen LogP contribution is -2.44. The number of aliphatic imine (C=N–C) groups is 1. The van der Waals surface area contributed by atoms with E-state index in [1.807, 2.05) is 31.2 Å². The quantitative estimate of drug-likeness (QED) is 0.150. The summed E-state index contributed by atoms with van der Waals surface area (Å²) in [7, 11) is 1.67. The fourth-order valence-electron chi connectivity index (χ4n) is 3.05. The van der Waals surface area contributed by atoms with Gasteiger partial charge < -0.3 is 25.2 Å². The molecule has 3 N–H and O–H groups in total. The van der Waals surface area contributed by atoms with Crippen molar-refractivity contribution in [1.29, 1.82) is 0 Å². The van der Waals surface area contributed by atoms with Crippen LogP contribution in [0.25, 0.3) is 0 Å². The molecule has 7 heteroatoms. The van der Waals surface area contributed by atoms with Gasteiger partial charge in [0, 0.05) is 32.9 Å². The van der Waals surface area contributed by atoms with E-state index in [-0.39, 0.29) is 36.0 Å². The van der Waals surface area contributed by atoms with Crippen molar-refractivity contribution in [2.45, 2.75) is 53.0 Å². The van der Waals surface area contributed by atoms with Crippen LogP contribution in [0.5, 0.6) is 5.75 Å². The van der Waals surface area contributed by atoms with Gasteiger partial charge in [-0.15, -0.1) is 24.0 Å². The lowest BCUT2D eigenvalue weighted by Gasteiger charge is -2.32. The van der Waals surface area contributed by atoms with Crippen LogP contribution in [0.4, 0.5) is 0 Å². The highest BCUT2D eigenvalue weighted by Gasteiger charge is 2.25. The molecule has 1 aromatic rings. The molecule has 29 heavy (non-hydrogen) atoms. The Labute approximate surface area is 193 Å². The maximum Gasteiger partial charge on any atom is 0.191 e. The Morgan fingerprint density at radius 1 is 1.10 bits per heavy atom. The van der Waals surface area contributed by atoms with Crippen molar-refractivity contribution in [3.05, 3.63) is 29.8 Å². The van der Waals surface area contributed by atoms with Gasteiger partial charge in [-0.2, -0.15) is 0 Å². The molecule has 0 amide bonds. The molecule has 0 radical (unpaired) electrons. The van der Waals surface area contributed by atoms with Gasteiger partial charge in [-0.25, -0.2) is 4.99 Å². The van der Waals surface area contributed by atoms with E-state index in [9.17, 15) is 5.11 Å². The summed E-state index contributed by atoms with van der Waals surface area (Å²) in [5.74, 6) is 1.65. The fourth-order valence-corrected chi connectivity index (χ4v) is 3.05. The van der Waals surface area contributed by atoms with Gasteiger partial charge in [0.05, 0.1) is 13.7 Å². The number of nitrogens with one attached hydrogen (secondary N) is 2. The van der Waals surface area contributed by atoms with Crippen LogP contribution in [0.2, 0.25) is 0 Å². The standard InChI is InChI=1S/C22H39N3O3.HI/c1-5-22(6-2,13-15-26)18-25-21(23-14-8-16-28-7-3)24-17-19-9-11-20(27-4)12-10-19;/h9-12,26H,5-8,13-18H2,1-4H3,(H2,23,24,25);1H. The Morgan fingerprint density at radius 2 is 1.79 bits per heavy atom. The van der Waals surface area contributed by atoms with Crippen LogP contribution in [-0.2, 0) is 11.3 Å². The lowest BCUT2D eigenvalue weighted by atomic mass is 9.79. The number of methoxy groups -OCH3 is 1. The number of hydrogen-bond acceptors (Lipinski definition) is 4. The van der Waals surface area contributed by atoms with Gasteiger partial charge in [0.15, 0.2) is 5.96 Å². The third-order valence-electron chi connectivity index (χ3n) is 5.31. The molecule has 0 heterocycles. The summed E-state index contributed by atoms with van der Waals surface area (Å²) in [5.41, 5.74) is 1.21. The van der Waals surface area contributed by atoms with E-state index in [0.29, 0.717) is 6.54 Å². The summed E-state index contributed by atoms with van der Waals surface area (Å²) in [6, 6.07) is 7.97. The first-order valence-electron chi connectivity index (χ1n) is 10.5. The minimum absolute atomic E-state index is 0. The molecule has 0 fully saturated rings. The predicted octanol–water partition coefficient (Wildman–Crippen LogP) is 3.96. The van der Waals surface area contributed by atoms with Crippen molar-refractivity contribution >= 4 is 29.9 Å². The number of rotatable bonds is 14. The number of halogens is 1. The molecule has 0 aliphatic carbocycles. The second kappa shape index (κ2) is 16.7. The summed E-state index contributed by atoms with van der Waals surface area (Å²) < 4.78 is 10.6. The molecule has 1 rings (SSSR count). The minimum Gasteiger partial charge on any atom is -0.497 e. The van der Waals surface area contributed by atoms with E-state index < -0.39 is 0 Å². The Morgan fingerprint density at radius 3 is 2.34 bits per heavy atom. The number of hydrogen-bond donors (Lipinski definition) is 3. The van der Waals surface area contributed by atoms with E-state index in [4.69, 9.17) is 14.5 Å². The summed E-state index contributed by atoms with van der Waals surface area (Å²) in [6.45, 7) is 10.3.